The number of halogens is 4. The van der Waals surface area contributed by atoms with Crippen LogP contribution in [0.2, 0.25) is 0 Å². The van der Waals surface area contributed by atoms with Crippen LogP contribution in [0.15, 0.2) is 37.7 Å². The van der Waals surface area contributed by atoms with E-state index in [-0.39, 0.29) is 18.0 Å². The standard InChI is InChI=1S/C22H24Br3FN2O3/c1-22(2)11-15-17(23)18(24)19(25)21(20(15)31-22)30-12-16(29)28-9-7-27(8-10-28)14-5-3-13(26)4-6-14/h3-6,16,29H,7-12H2,1-2H3. The van der Waals surface area contributed by atoms with E-state index in [0.29, 0.717) is 24.6 Å². The van der Waals surface area contributed by atoms with Crippen molar-refractivity contribution in [2.75, 3.05) is 37.7 Å². The summed E-state index contributed by atoms with van der Waals surface area (Å²) in [5, 5.41) is 10.8. The van der Waals surface area contributed by atoms with Gasteiger partial charge in [-0.2, -0.15) is 0 Å². The van der Waals surface area contributed by atoms with E-state index >= 15 is 0 Å². The molecule has 1 saturated heterocycles. The van der Waals surface area contributed by atoms with Gasteiger partial charge in [-0.15, -0.1) is 0 Å². The molecule has 4 rings (SSSR count). The number of benzene rings is 2. The van der Waals surface area contributed by atoms with Crippen LogP contribution in [0.5, 0.6) is 11.5 Å². The Morgan fingerprint density at radius 3 is 2.35 bits per heavy atom. The minimum absolute atomic E-state index is 0.124. The molecule has 2 aromatic carbocycles. The fourth-order valence-electron chi connectivity index (χ4n) is 3.99. The van der Waals surface area contributed by atoms with E-state index in [2.05, 4.69) is 52.7 Å². The predicted molar refractivity (Wildman–Crippen MR) is 130 cm³/mol. The van der Waals surface area contributed by atoms with Crippen molar-refractivity contribution in [3.63, 3.8) is 0 Å². The maximum absolute atomic E-state index is 13.2. The van der Waals surface area contributed by atoms with Crippen molar-refractivity contribution in [2.45, 2.75) is 32.1 Å². The second kappa shape index (κ2) is 9.17. The summed E-state index contributed by atoms with van der Waals surface area (Å²) in [6, 6.07) is 6.52. The number of nitrogens with zero attached hydrogens (tertiary/aromatic N) is 2. The summed E-state index contributed by atoms with van der Waals surface area (Å²) in [5.74, 6) is 1.07. The van der Waals surface area contributed by atoms with Crippen LogP contribution in [0.1, 0.15) is 19.4 Å². The molecule has 1 fully saturated rings. The smallest absolute Gasteiger partial charge is 0.177 e. The molecule has 1 unspecified atom stereocenters. The number of ether oxygens (including phenoxy) is 2. The molecule has 2 heterocycles. The average Bonchev–Trinajstić information content (AvgIpc) is 3.08. The van der Waals surface area contributed by atoms with Gasteiger partial charge >= 0.3 is 0 Å². The first-order valence-corrected chi connectivity index (χ1v) is 12.5. The third-order valence-electron chi connectivity index (χ3n) is 5.62. The highest BCUT2D eigenvalue weighted by Crippen LogP contribution is 2.53. The van der Waals surface area contributed by atoms with Crippen LogP contribution in [-0.2, 0) is 6.42 Å². The lowest BCUT2D eigenvalue weighted by atomic mass is 10.0. The van der Waals surface area contributed by atoms with Crippen LogP contribution in [0, 0.1) is 5.82 Å². The maximum Gasteiger partial charge on any atom is 0.177 e. The number of hydrogen-bond acceptors (Lipinski definition) is 5. The predicted octanol–water partition coefficient (Wildman–Crippen LogP) is 5.35. The first-order valence-electron chi connectivity index (χ1n) is 10.1. The van der Waals surface area contributed by atoms with Gasteiger partial charge in [0.1, 0.15) is 24.3 Å². The van der Waals surface area contributed by atoms with E-state index in [0.717, 1.165) is 44.2 Å². The second-order valence-corrected chi connectivity index (χ2v) is 10.8. The van der Waals surface area contributed by atoms with Crippen molar-refractivity contribution >= 4 is 53.5 Å². The van der Waals surface area contributed by atoms with Crippen molar-refractivity contribution in [2.24, 2.45) is 0 Å². The Morgan fingerprint density at radius 1 is 1.06 bits per heavy atom. The van der Waals surface area contributed by atoms with E-state index in [4.69, 9.17) is 9.47 Å². The average molecular weight is 623 g/mol. The van der Waals surface area contributed by atoms with Gasteiger partial charge in [0.05, 0.1) is 8.95 Å². The maximum atomic E-state index is 13.2. The largest absolute Gasteiger partial charge is 0.484 e. The molecule has 5 nitrogen and oxygen atoms in total. The molecule has 0 radical (unpaired) electrons. The van der Waals surface area contributed by atoms with Crippen LogP contribution in [0.4, 0.5) is 10.1 Å². The Morgan fingerprint density at radius 2 is 1.71 bits per heavy atom. The van der Waals surface area contributed by atoms with Crippen LogP contribution in [-0.4, -0.2) is 54.6 Å². The molecule has 168 valence electrons. The Hall–Kier alpha value is -0.870. The molecule has 0 spiro atoms. The zero-order chi connectivity index (χ0) is 22.3. The molecule has 0 amide bonds. The number of hydrogen-bond donors (Lipinski definition) is 1. The van der Waals surface area contributed by atoms with E-state index in [1.54, 1.807) is 12.1 Å². The third-order valence-corrected chi connectivity index (χ3v) is 9.10. The van der Waals surface area contributed by atoms with Crippen LogP contribution < -0.4 is 14.4 Å². The monoisotopic (exact) mass is 620 g/mol. The van der Waals surface area contributed by atoms with Crippen molar-refractivity contribution in [3.05, 3.63) is 49.1 Å². The highest BCUT2D eigenvalue weighted by Gasteiger charge is 2.37. The number of fused-ring (bicyclic) bond motifs is 1. The van der Waals surface area contributed by atoms with E-state index in [9.17, 15) is 9.50 Å². The van der Waals surface area contributed by atoms with Gasteiger partial charge in [-0.05, 0) is 85.9 Å². The Kier molecular flexibility index (Phi) is 6.89. The summed E-state index contributed by atoms with van der Waals surface area (Å²) in [6.45, 7) is 7.09. The highest BCUT2D eigenvalue weighted by atomic mass is 79.9. The molecular formula is C22H24Br3FN2O3. The summed E-state index contributed by atoms with van der Waals surface area (Å²) < 4.78 is 28.0. The van der Waals surface area contributed by atoms with Gasteiger partial charge in [-0.1, -0.05) is 0 Å². The van der Waals surface area contributed by atoms with Crippen molar-refractivity contribution in [1.82, 2.24) is 4.90 Å². The van der Waals surface area contributed by atoms with Crippen molar-refractivity contribution < 1.29 is 19.0 Å². The zero-order valence-corrected chi connectivity index (χ0v) is 22.1. The molecule has 0 aromatic heterocycles. The first kappa shape index (κ1) is 23.3. The number of aliphatic hydroxyl groups excluding tert-OH is 1. The van der Waals surface area contributed by atoms with Crippen molar-refractivity contribution in [1.29, 1.82) is 0 Å². The molecule has 31 heavy (non-hydrogen) atoms. The third kappa shape index (κ3) is 4.90. The van der Waals surface area contributed by atoms with Gasteiger partial charge in [0, 0.05) is 48.3 Å². The fourth-order valence-corrected chi connectivity index (χ4v) is 5.69. The molecule has 2 aromatic rings. The summed E-state index contributed by atoms with van der Waals surface area (Å²) in [5.41, 5.74) is 1.72. The van der Waals surface area contributed by atoms with Crippen molar-refractivity contribution in [3.8, 4) is 11.5 Å². The van der Waals surface area contributed by atoms with E-state index in [1.807, 2.05) is 18.7 Å². The minimum Gasteiger partial charge on any atom is -0.484 e. The van der Waals surface area contributed by atoms with Crippen LogP contribution in [0.3, 0.4) is 0 Å². The zero-order valence-electron chi connectivity index (χ0n) is 17.3. The molecule has 0 saturated carbocycles. The van der Waals surface area contributed by atoms with Gasteiger partial charge in [0.2, 0.25) is 0 Å². The SMILES string of the molecule is CC1(C)Cc2c(Br)c(Br)c(Br)c(OCC(O)N3CCN(c4ccc(F)cc4)CC3)c2O1. The Bertz CT molecular complexity index is 964. The molecule has 1 atom stereocenters. The molecule has 1 N–H and O–H groups in total. The molecule has 0 aliphatic carbocycles. The highest BCUT2D eigenvalue weighted by molar-refractivity contribution is 9.14. The second-order valence-electron chi connectivity index (χ2n) is 8.41. The lowest BCUT2D eigenvalue weighted by molar-refractivity contribution is -0.0310. The number of aliphatic hydroxyl groups is 1. The number of anilines is 1. The minimum atomic E-state index is -0.741. The Balaban J connectivity index is 1.40. The van der Waals surface area contributed by atoms with E-state index < -0.39 is 6.23 Å². The van der Waals surface area contributed by atoms with Gasteiger partial charge in [-0.25, -0.2) is 4.39 Å². The summed E-state index contributed by atoms with van der Waals surface area (Å²) in [6.07, 6.45) is 0.0220. The van der Waals surface area contributed by atoms with Crippen LogP contribution >= 0.6 is 47.8 Å². The molecule has 0 bridgehead atoms. The molecule has 2 aliphatic heterocycles. The van der Waals surface area contributed by atoms with Gasteiger partial charge in [-0.3, -0.25) is 4.90 Å². The van der Waals surface area contributed by atoms with E-state index in [1.165, 1.54) is 12.1 Å². The Labute approximate surface area is 206 Å². The molecule has 2 aliphatic rings. The molecular weight excluding hydrogens is 599 g/mol. The topological polar surface area (TPSA) is 45.2 Å². The summed E-state index contributed by atoms with van der Waals surface area (Å²) in [4.78, 5) is 4.18. The first-order chi connectivity index (χ1) is 14.7. The number of rotatable bonds is 5. The normalized spacial score (nSPS) is 19.1. The summed E-state index contributed by atoms with van der Waals surface area (Å²) in [7, 11) is 0. The fraction of sp³-hybridized carbons (Fsp3) is 0.455. The van der Waals surface area contributed by atoms with Crippen LogP contribution in [0.25, 0.3) is 0 Å². The van der Waals surface area contributed by atoms with Gasteiger partial charge in [0.25, 0.3) is 0 Å². The number of piperazine rings is 1. The quantitative estimate of drug-likeness (QED) is 0.456. The lowest BCUT2D eigenvalue weighted by Crippen LogP contribution is -2.52. The van der Waals surface area contributed by atoms with Gasteiger partial charge < -0.3 is 19.5 Å². The lowest BCUT2D eigenvalue weighted by Gasteiger charge is -2.38. The summed E-state index contributed by atoms with van der Waals surface area (Å²) >= 11 is 10.8. The molecule has 9 heteroatoms. The van der Waals surface area contributed by atoms with Gasteiger partial charge in [0.15, 0.2) is 11.5 Å².